The lowest BCUT2D eigenvalue weighted by molar-refractivity contribution is -0.189. The van der Waals surface area contributed by atoms with Crippen molar-refractivity contribution in [2.24, 2.45) is 0 Å². The van der Waals surface area contributed by atoms with E-state index in [1.54, 1.807) is 75.4 Å². The molecule has 0 aromatic heterocycles. The Hall–Kier alpha value is -3.56. The Morgan fingerprint density at radius 2 is 1.47 bits per heavy atom. The SMILES string of the molecule is CN(C(=O)OC(C)(C)C)c1cccc(CN(Cc2ccccc2)C(=O)C(=O)OCC(F)(F)F)c1. The normalized spacial score (nSPS) is 11.5. The molecular formula is C24H27F3N2O5. The van der Waals surface area contributed by atoms with E-state index in [-0.39, 0.29) is 13.1 Å². The third-order valence-corrected chi connectivity index (χ3v) is 4.38. The summed E-state index contributed by atoms with van der Waals surface area (Å²) in [4.78, 5) is 39.4. The van der Waals surface area contributed by atoms with Gasteiger partial charge in [-0.2, -0.15) is 13.2 Å². The van der Waals surface area contributed by atoms with Crippen LogP contribution in [-0.2, 0) is 32.2 Å². The smallest absolute Gasteiger partial charge is 0.422 e. The second kappa shape index (κ2) is 11.0. The van der Waals surface area contributed by atoms with E-state index >= 15 is 0 Å². The average molecular weight is 480 g/mol. The van der Waals surface area contributed by atoms with Crippen molar-refractivity contribution in [2.45, 2.75) is 45.6 Å². The van der Waals surface area contributed by atoms with Crippen LogP contribution in [-0.4, -0.2) is 48.3 Å². The maximum atomic E-state index is 12.7. The molecular weight excluding hydrogens is 453 g/mol. The van der Waals surface area contributed by atoms with Crippen LogP contribution in [0.2, 0.25) is 0 Å². The first-order valence-corrected chi connectivity index (χ1v) is 10.4. The molecule has 0 aliphatic rings. The molecule has 34 heavy (non-hydrogen) atoms. The zero-order valence-electron chi connectivity index (χ0n) is 19.4. The average Bonchev–Trinajstić information content (AvgIpc) is 2.75. The lowest BCUT2D eigenvalue weighted by Gasteiger charge is -2.26. The van der Waals surface area contributed by atoms with Crippen molar-refractivity contribution < 1.29 is 37.0 Å². The number of anilines is 1. The number of benzene rings is 2. The molecule has 2 aromatic rings. The number of carbonyl (C=O) groups excluding carboxylic acids is 3. The maximum Gasteiger partial charge on any atom is 0.422 e. The first-order valence-electron chi connectivity index (χ1n) is 10.4. The zero-order chi connectivity index (χ0) is 25.5. The molecule has 0 aliphatic heterocycles. The van der Waals surface area contributed by atoms with Gasteiger partial charge in [-0.3, -0.25) is 9.69 Å². The van der Waals surface area contributed by atoms with Gasteiger partial charge in [0.15, 0.2) is 6.61 Å². The number of amides is 2. The number of hydrogen-bond donors (Lipinski definition) is 0. The molecule has 0 radical (unpaired) electrons. The molecule has 0 saturated heterocycles. The molecule has 10 heteroatoms. The Kier molecular flexibility index (Phi) is 8.67. The summed E-state index contributed by atoms with van der Waals surface area (Å²) >= 11 is 0. The standard InChI is InChI=1S/C24H27F3N2O5/c1-23(2,3)34-22(32)28(4)19-12-8-11-18(13-19)15-29(14-17-9-6-5-7-10-17)20(30)21(31)33-16-24(25,26)27/h5-13H,14-16H2,1-4H3. The molecule has 0 unspecified atom stereocenters. The fraction of sp³-hybridized carbons (Fsp3) is 0.375. The van der Waals surface area contributed by atoms with Gasteiger partial charge < -0.3 is 14.4 Å². The first-order chi connectivity index (χ1) is 15.7. The second-order valence-corrected chi connectivity index (χ2v) is 8.55. The summed E-state index contributed by atoms with van der Waals surface area (Å²) in [7, 11) is 1.52. The van der Waals surface area contributed by atoms with Gasteiger partial charge >= 0.3 is 24.1 Å². The van der Waals surface area contributed by atoms with Crippen molar-refractivity contribution in [1.82, 2.24) is 4.90 Å². The van der Waals surface area contributed by atoms with Crippen molar-refractivity contribution in [1.29, 1.82) is 0 Å². The molecule has 0 spiro atoms. The van der Waals surface area contributed by atoms with Crippen LogP contribution in [0.1, 0.15) is 31.9 Å². The minimum atomic E-state index is -4.75. The summed E-state index contributed by atoms with van der Waals surface area (Å²) in [6.07, 6.45) is -5.33. The Labute approximate surface area is 196 Å². The maximum absolute atomic E-state index is 12.7. The highest BCUT2D eigenvalue weighted by atomic mass is 19.4. The number of nitrogens with zero attached hydrogens (tertiary/aromatic N) is 2. The number of rotatable bonds is 6. The van der Waals surface area contributed by atoms with Crippen molar-refractivity contribution >= 4 is 23.7 Å². The van der Waals surface area contributed by atoms with Gasteiger partial charge in [0.25, 0.3) is 0 Å². The number of ether oxygens (including phenoxy) is 2. The Morgan fingerprint density at radius 1 is 0.882 bits per heavy atom. The molecule has 2 rings (SSSR count). The highest BCUT2D eigenvalue weighted by Crippen LogP contribution is 2.21. The Bertz CT molecular complexity index is 1000. The fourth-order valence-corrected chi connectivity index (χ4v) is 2.86. The minimum Gasteiger partial charge on any atom is -0.449 e. The largest absolute Gasteiger partial charge is 0.449 e. The van der Waals surface area contributed by atoms with Crippen molar-refractivity contribution in [3.05, 3.63) is 65.7 Å². The van der Waals surface area contributed by atoms with E-state index in [2.05, 4.69) is 4.74 Å². The molecule has 0 aliphatic carbocycles. The molecule has 184 valence electrons. The van der Waals surface area contributed by atoms with E-state index in [1.807, 2.05) is 0 Å². The first kappa shape index (κ1) is 26.7. The van der Waals surface area contributed by atoms with Crippen molar-refractivity contribution in [3.8, 4) is 0 Å². The fourth-order valence-electron chi connectivity index (χ4n) is 2.86. The van der Waals surface area contributed by atoms with Crippen LogP contribution in [0, 0.1) is 0 Å². The van der Waals surface area contributed by atoms with E-state index in [9.17, 15) is 27.6 Å². The molecule has 0 bridgehead atoms. The van der Waals surface area contributed by atoms with E-state index in [1.165, 1.54) is 11.9 Å². The van der Waals surface area contributed by atoms with Crippen LogP contribution < -0.4 is 4.90 Å². The van der Waals surface area contributed by atoms with Gasteiger partial charge in [0.05, 0.1) is 0 Å². The van der Waals surface area contributed by atoms with Crippen molar-refractivity contribution in [2.75, 3.05) is 18.6 Å². The lowest BCUT2D eigenvalue weighted by atomic mass is 10.1. The topological polar surface area (TPSA) is 76.2 Å². The van der Waals surface area contributed by atoms with Crippen LogP contribution in [0.25, 0.3) is 0 Å². The number of esters is 1. The molecule has 2 amide bonds. The minimum absolute atomic E-state index is 0.0348. The van der Waals surface area contributed by atoms with Gasteiger partial charge in [0, 0.05) is 25.8 Å². The van der Waals surface area contributed by atoms with Gasteiger partial charge in [-0.15, -0.1) is 0 Å². The Morgan fingerprint density at radius 3 is 2.06 bits per heavy atom. The van der Waals surface area contributed by atoms with Crippen LogP contribution in [0.4, 0.5) is 23.7 Å². The molecule has 0 fully saturated rings. The predicted molar refractivity (Wildman–Crippen MR) is 119 cm³/mol. The van der Waals surface area contributed by atoms with E-state index in [4.69, 9.17) is 4.74 Å². The predicted octanol–water partition coefficient (Wildman–Crippen LogP) is 4.69. The van der Waals surface area contributed by atoms with Crippen molar-refractivity contribution in [3.63, 3.8) is 0 Å². The number of alkyl halides is 3. The monoisotopic (exact) mass is 480 g/mol. The van der Waals surface area contributed by atoms with E-state index < -0.39 is 36.4 Å². The number of carbonyl (C=O) groups is 3. The highest BCUT2D eigenvalue weighted by molar-refractivity contribution is 6.32. The zero-order valence-corrected chi connectivity index (χ0v) is 19.4. The molecule has 0 heterocycles. The quantitative estimate of drug-likeness (QED) is 0.443. The van der Waals surface area contributed by atoms with E-state index in [0.29, 0.717) is 16.8 Å². The summed E-state index contributed by atoms with van der Waals surface area (Å²) in [5.41, 5.74) is 0.986. The van der Waals surface area contributed by atoms with Crippen LogP contribution in [0.5, 0.6) is 0 Å². The van der Waals surface area contributed by atoms with Gasteiger partial charge in [-0.05, 0) is 44.0 Å². The third-order valence-electron chi connectivity index (χ3n) is 4.38. The van der Waals surface area contributed by atoms with Gasteiger partial charge in [0.1, 0.15) is 5.60 Å². The number of halogens is 3. The third kappa shape index (κ3) is 8.76. The summed E-state index contributed by atoms with van der Waals surface area (Å²) in [5, 5.41) is 0. The summed E-state index contributed by atoms with van der Waals surface area (Å²) in [6, 6.07) is 15.3. The van der Waals surface area contributed by atoms with Gasteiger partial charge in [0.2, 0.25) is 0 Å². The highest BCUT2D eigenvalue weighted by Gasteiger charge is 2.32. The Balaban J connectivity index is 2.23. The molecule has 0 atom stereocenters. The lowest BCUT2D eigenvalue weighted by Crippen LogP contribution is -2.38. The van der Waals surface area contributed by atoms with Crippen LogP contribution >= 0.6 is 0 Å². The summed E-state index contributed by atoms with van der Waals surface area (Å²) < 4.78 is 46.7. The van der Waals surface area contributed by atoms with Crippen LogP contribution in [0.15, 0.2) is 54.6 Å². The molecule has 0 N–H and O–H groups in total. The van der Waals surface area contributed by atoms with E-state index in [0.717, 1.165) is 4.90 Å². The number of hydrogen-bond acceptors (Lipinski definition) is 5. The molecule has 7 nitrogen and oxygen atoms in total. The molecule has 0 saturated carbocycles. The molecule has 2 aromatic carbocycles. The summed E-state index contributed by atoms with van der Waals surface area (Å²) in [6.45, 7) is 3.21. The second-order valence-electron chi connectivity index (χ2n) is 8.55. The summed E-state index contributed by atoms with van der Waals surface area (Å²) in [5.74, 6) is -2.81. The van der Waals surface area contributed by atoms with Gasteiger partial charge in [-0.25, -0.2) is 9.59 Å². The van der Waals surface area contributed by atoms with Gasteiger partial charge in [-0.1, -0.05) is 42.5 Å². The van der Waals surface area contributed by atoms with Crippen LogP contribution in [0.3, 0.4) is 0 Å².